The van der Waals surface area contributed by atoms with E-state index >= 15 is 0 Å². The smallest absolute Gasteiger partial charge is 0.258 e. The number of pyridine rings is 1. The number of phenolic OH excluding ortho intramolecular Hbond substituents is 1. The number of aryl methyl sites for hydroxylation is 1. The first-order valence-electron chi connectivity index (χ1n) is 8.89. The maximum absolute atomic E-state index is 12.9. The van der Waals surface area contributed by atoms with Gasteiger partial charge in [-0.3, -0.25) is 4.79 Å². The quantitative estimate of drug-likeness (QED) is 0.469. The molecule has 0 fully saturated rings. The molecule has 2 aromatic heterocycles. The summed E-state index contributed by atoms with van der Waals surface area (Å²) in [7, 11) is 0. The van der Waals surface area contributed by atoms with E-state index in [2.05, 4.69) is 36.2 Å². The first-order chi connectivity index (χ1) is 13.2. The molecule has 0 aliphatic heterocycles. The van der Waals surface area contributed by atoms with Crippen molar-refractivity contribution in [2.45, 2.75) is 43.9 Å². The van der Waals surface area contributed by atoms with Gasteiger partial charge >= 0.3 is 0 Å². The number of anilines is 1. The first kappa shape index (κ1) is 19.9. The van der Waals surface area contributed by atoms with E-state index in [1.165, 1.54) is 11.8 Å². The Kier molecular flexibility index (Phi) is 5.74. The number of carbonyl (C=O) groups is 1. The standard InChI is InChI=1S/C21H23N3O3S/c1-13-10-15(24-27-13)12-28-20-16(6-5-9-22-20)19(26)23-17-11-14(21(2,3)4)7-8-18(17)25/h5-11,25H,12H2,1-4H3,(H,23,26). The highest BCUT2D eigenvalue weighted by molar-refractivity contribution is 7.98. The molecule has 0 unspecified atom stereocenters. The van der Waals surface area contributed by atoms with Gasteiger partial charge in [-0.1, -0.05) is 43.8 Å². The first-order valence-corrected chi connectivity index (χ1v) is 9.87. The molecule has 1 amide bonds. The third kappa shape index (κ3) is 4.72. The van der Waals surface area contributed by atoms with Gasteiger partial charge in [-0.2, -0.15) is 0 Å². The van der Waals surface area contributed by atoms with Crippen LogP contribution >= 0.6 is 11.8 Å². The van der Waals surface area contributed by atoms with Crippen molar-refractivity contribution in [1.82, 2.24) is 10.1 Å². The Morgan fingerprint density at radius 3 is 2.71 bits per heavy atom. The number of hydrogen-bond acceptors (Lipinski definition) is 6. The number of nitrogens with zero attached hydrogens (tertiary/aromatic N) is 2. The van der Waals surface area contributed by atoms with Crippen molar-refractivity contribution in [2.75, 3.05) is 5.32 Å². The molecule has 2 N–H and O–H groups in total. The Labute approximate surface area is 168 Å². The van der Waals surface area contributed by atoms with Crippen LogP contribution in [0.2, 0.25) is 0 Å². The van der Waals surface area contributed by atoms with Gasteiger partial charge in [0.15, 0.2) is 0 Å². The van der Waals surface area contributed by atoms with Crippen molar-refractivity contribution in [3.8, 4) is 5.75 Å². The molecule has 0 bridgehead atoms. The molecule has 2 heterocycles. The maximum Gasteiger partial charge on any atom is 0.258 e. The molecule has 0 radical (unpaired) electrons. The van der Waals surface area contributed by atoms with Crippen molar-refractivity contribution in [1.29, 1.82) is 0 Å². The fourth-order valence-electron chi connectivity index (χ4n) is 2.60. The van der Waals surface area contributed by atoms with Crippen LogP contribution < -0.4 is 5.32 Å². The summed E-state index contributed by atoms with van der Waals surface area (Å²) >= 11 is 1.41. The van der Waals surface area contributed by atoms with Crippen LogP contribution in [0.25, 0.3) is 0 Å². The number of rotatable bonds is 5. The largest absolute Gasteiger partial charge is 0.506 e. The highest BCUT2D eigenvalue weighted by atomic mass is 32.2. The van der Waals surface area contributed by atoms with E-state index in [9.17, 15) is 9.90 Å². The van der Waals surface area contributed by atoms with E-state index in [1.54, 1.807) is 30.5 Å². The van der Waals surface area contributed by atoms with E-state index in [-0.39, 0.29) is 17.1 Å². The molecule has 146 valence electrons. The predicted molar refractivity (Wildman–Crippen MR) is 110 cm³/mol. The van der Waals surface area contributed by atoms with Crippen LogP contribution in [-0.2, 0) is 11.2 Å². The minimum absolute atomic E-state index is 0.0255. The van der Waals surface area contributed by atoms with Gasteiger partial charge in [0.1, 0.15) is 16.5 Å². The summed E-state index contributed by atoms with van der Waals surface area (Å²) in [4.78, 5) is 17.2. The fraction of sp³-hybridized carbons (Fsp3) is 0.286. The van der Waals surface area contributed by atoms with E-state index in [0.717, 1.165) is 17.0 Å². The van der Waals surface area contributed by atoms with E-state index in [0.29, 0.717) is 22.0 Å². The van der Waals surface area contributed by atoms with Crippen LogP contribution in [0.5, 0.6) is 5.75 Å². The maximum atomic E-state index is 12.9. The molecular formula is C21H23N3O3S. The Balaban J connectivity index is 1.80. The molecular weight excluding hydrogens is 374 g/mol. The monoisotopic (exact) mass is 397 g/mol. The third-order valence-electron chi connectivity index (χ3n) is 4.16. The average Bonchev–Trinajstić information content (AvgIpc) is 3.06. The Bertz CT molecular complexity index is 993. The molecule has 3 aromatic rings. The van der Waals surface area contributed by atoms with Gasteiger partial charge in [0.25, 0.3) is 5.91 Å². The molecule has 0 saturated heterocycles. The Hall–Kier alpha value is -2.80. The van der Waals surface area contributed by atoms with Gasteiger partial charge in [0, 0.05) is 18.0 Å². The molecule has 7 heteroatoms. The van der Waals surface area contributed by atoms with E-state index < -0.39 is 0 Å². The van der Waals surface area contributed by atoms with Crippen molar-refractivity contribution >= 4 is 23.4 Å². The van der Waals surface area contributed by atoms with Crippen LogP contribution in [0.1, 0.15) is 48.1 Å². The molecule has 0 aliphatic carbocycles. The lowest BCUT2D eigenvalue weighted by molar-refractivity contribution is 0.102. The molecule has 28 heavy (non-hydrogen) atoms. The Morgan fingerprint density at radius 2 is 2.04 bits per heavy atom. The fourth-order valence-corrected chi connectivity index (χ4v) is 3.47. The number of aromatic nitrogens is 2. The van der Waals surface area contributed by atoms with E-state index in [1.807, 2.05) is 19.1 Å². The molecule has 1 aromatic carbocycles. The third-order valence-corrected chi connectivity index (χ3v) is 5.20. The van der Waals surface area contributed by atoms with Gasteiger partial charge in [-0.25, -0.2) is 4.98 Å². The number of benzene rings is 1. The number of nitrogens with one attached hydrogen (secondary N) is 1. The van der Waals surface area contributed by atoms with Crippen molar-refractivity contribution < 1.29 is 14.4 Å². The molecule has 0 atom stereocenters. The molecule has 3 rings (SSSR count). The highest BCUT2D eigenvalue weighted by Crippen LogP contribution is 2.32. The average molecular weight is 398 g/mol. The molecule has 0 saturated carbocycles. The summed E-state index contributed by atoms with van der Waals surface area (Å²) in [5, 5.41) is 17.5. The van der Waals surface area contributed by atoms with Crippen LogP contribution in [0.15, 0.2) is 52.1 Å². The number of amides is 1. The minimum Gasteiger partial charge on any atom is -0.506 e. The second kappa shape index (κ2) is 8.06. The zero-order valence-electron chi connectivity index (χ0n) is 16.3. The van der Waals surface area contributed by atoms with Gasteiger partial charge in [-0.15, -0.1) is 0 Å². The summed E-state index contributed by atoms with van der Waals surface area (Å²) in [6.45, 7) is 8.06. The SMILES string of the molecule is Cc1cc(CSc2ncccc2C(=O)Nc2cc(C(C)(C)C)ccc2O)no1. The van der Waals surface area contributed by atoms with Gasteiger partial charge in [-0.05, 0) is 42.2 Å². The Morgan fingerprint density at radius 1 is 1.25 bits per heavy atom. The second-order valence-electron chi connectivity index (χ2n) is 7.51. The number of thioether (sulfide) groups is 1. The zero-order chi connectivity index (χ0) is 20.3. The van der Waals surface area contributed by atoms with Crippen molar-refractivity contribution in [3.63, 3.8) is 0 Å². The summed E-state index contributed by atoms with van der Waals surface area (Å²) in [6.07, 6.45) is 1.64. The lowest BCUT2D eigenvalue weighted by Gasteiger charge is -2.20. The van der Waals surface area contributed by atoms with Gasteiger partial charge in [0.2, 0.25) is 0 Å². The normalized spacial score (nSPS) is 11.4. The summed E-state index contributed by atoms with van der Waals surface area (Å²) in [5.74, 6) is 0.981. The van der Waals surface area contributed by atoms with Crippen molar-refractivity contribution in [3.05, 3.63) is 65.2 Å². The summed E-state index contributed by atoms with van der Waals surface area (Å²) in [6, 6.07) is 10.5. The highest BCUT2D eigenvalue weighted by Gasteiger charge is 2.18. The minimum atomic E-state index is -0.326. The topological polar surface area (TPSA) is 88.2 Å². The number of hydrogen-bond donors (Lipinski definition) is 2. The van der Waals surface area contributed by atoms with Crippen LogP contribution in [0.4, 0.5) is 5.69 Å². The number of aromatic hydroxyl groups is 1. The van der Waals surface area contributed by atoms with Gasteiger partial charge in [0.05, 0.1) is 16.9 Å². The lowest BCUT2D eigenvalue weighted by atomic mass is 9.87. The van der Waals surface area contributed by atoms with E-state index in [4.69, 9.17) is 4.52 Å². The lowest BCUT2D eigenvalue weighted by Crippen LogP contribution is -2.16. The predicted octanol–water partition coefficient (Wildman–Crippen LogP) is 4.93. The number of carbonyl (C=O) groups excluding carboxylic acids is 1. The summed E-state index contributed by atoms with van der Waals surface area (Å²) < 4.78 is 5.07. The zero-order valence-corrected chi connectivity index (χ0v) is 17.1. The summed E-state index contributed by atoms with van der Waals surface area (Å²) in [5.41, 5.74) is 2.52. The number of phenols is 1. The van der Waals surface area contributed by atoms with Crippen molar-refractivity contribution in [2.24, 2.45) is 0 Å². The van der Waals surface area contributed by atoms with Crippen LogP contribution in [-0.4, -0.2) is 21.2 Å². The molecule has 0 aliphatic rings. The van der Waals surface area contributed by atoms with Crippen LogP contribution in [0.3, 0.4) is 0 Å². The molecule has 0 spiro atoms. The second-order valence-corrected chi connectivity index (χ2v) is 8.47. The molecule has 6 nitrogen and oxygen atoms in total. The van der Waals surface area contributed by atoms with Crippen LogP contribution in [0, 0.1) is 6.92 Å². The van der Waals surface area contributed by atoms with Gasteiger partial charge < -0.3 is 14.9 Å².